The summed E-state index contributed by atoms with van der Waals surface area (Å²) < 4.78 is 9.68. The van der Waals surface area contributed by atoms with Crippen LogP contribution in [-0.2, 0) is 20.7 Å². The highest BCUT2D eigenvalue weighted by Crippen LogP contribution is 2.21. The van der Waals surface area contributed by atoms with Crippen LogP contribution in [0.25, 0.3) is 0 Å². The summed E-state index contributed by atoms with van der Waals surface area (Å²) in [4.78, 5) is 36.3. The maximum absolute atomic E-state index is 12.1. The fourth-order valence-corrected chi connectivity index (χ4v) is 1.96. The van der Waals surface area contributed by atoms with Gasteiger partial charge in [-0.1, -0.05) is 30.3 Å². The third-order valence-corrected chi connectivity index (χ3v) is 2.83. The first kappa shape index (κ1) is 15.0. The Morgan fingerprint density at radius 2 is 1.86 bits per heavy atom. The molecule has 0 unspecified atom stereocenters. The van der Waals surface area contributed by atoms with Gasteiger partial charge in [0.15, 0.2) is 0 Å². The van der Waals surface area contributed by atoms with Crippen molar-refractivity contribution in [3.63, 3.8) is 0 Å². The summed E-state index contributed by atoms with van der Waals surface area (Å²) >= 11 is 0. The molecule has 0 spiro atoms. The number of amides is 2. The van der Waals surface area contributed by atoms with Gasteiger partial charge in [0.25, 0.3) is 0 Å². The number of carbonyl (C=O) groups excluding carboxylic acids is 3. The second-order valence-corrected chi connectivity index (χ2v) is 5.74. The fourth-order valence-electron chi connectivity index (χ4n) is 1.96. The van der Waals surface area contributed by atoms with Crippen molar-refractivity contribution in [3.8, 4) is 0 Å². The van der Waals surface area contributed by atoms with Crippen LogP contribution in [0.2, 0.25) is 0 Å². The Balaban J connectivity index is 2.19. The Morgan fingerprint density at radius 1 is 1.24 bits per heavy atom. The minimum atomic E-state index is -0.991. The Morgan fingerprint density at radius 3 is 2.43 bits per heavy atom. The Labute approximate surface area is 122 Å². The summed E-state index contributed by atoms with van der Waals surface area (Å²) in [7, 11) is 0. The van der Waals surface area contributed by atoms with Gasteiger partial charge in [-0.2, -0.15) is 4.90 Å². The molecule has 6 heteroatoms. The molecule has 0 aliphatic carbocycles. The van der Waals surface area contributed by atoms with Crippen molar-refractivity contribution in [2.24, 2.45) is 0 Å². The van der Waals surface area contributed by atoms with Crippen molar-refractivity contribution in [1.82, 2.24) is 4.90 Å². The summed E-state index contributed by atoms with van der Waals surface area (Å²) in [6, 6.07) is 8.10. The quantitative estimate of drug-likeness (QED) is 0.618. The molecule has 2 rings (SSSR count). The lowest BCUT2D eigenvalue weighted by Gasteiger charge is -2.24. The first-order chi connectivity index (χ1) is 9.78. The van der Waals surface area contributed by atoms with E-state index in [4.69, 9.17) is 4.74 Å². The molecule has 21 heavy (non-hydrogen) atoms. The summed E-state index contributed by atoms with van der Waals surface area (Å²) in [6.07, 6.45) is -1.67. The number of esters is 1. The lowest BCUT2D eigenvalue weighted by Crippen LogP contribution is -2.44. The van der Waals surface area contributed by atoms with Gasteiger partial charge in [0.05, 0.1) is 0 Å². The van der Waals surface area contributed by atoms with Crippen LogP contribution in [0.1, 0.15) is 26.3 Å². The van der Waals surface area contributed by atoms with Gasteiger partial charge in [0.1, 0.15) is 11.6 Å². The third-order valence-electron chi connectivity index (χ3n) is 2.83. The number of nitrogens with zero attached hydrogens (tertiary/aromatic N) is 1. The predicted molar refractivity (Wildman–Crippen MR) is 73.5 cm³/mol. The Hall–Kier alpha value is -2.37. The van der Waals surface area contributed by atoms with Crippen molar-refractivity contribution in [3.05, 3.63) is 35.9 Å². The largest absolute Gasteiger partial charge is 0.443 e. The maximum Gasteiger partial charge on any atom is 0.427 e. The van der Waals surface area contributed by atoms with Crippen molar-refractivity contribution in [2.75, 3.05) is 0 Å². The smallest absolute Gasteiger partial charge is 0.427 e. The van der Waals surface area contributed by atoms with Gasteiger partial charge in [-0.3, -0.25) is 0 Å². The predicted octanol–water partition coefficient (Wildman–Crippen LogP) is 2.51. The molecule has 1 atom stereocenters. The zero-order chi connectivity index (χ0) is 15.6. The van der Waals surface area contributed by atoms with Crippen LogP contribution in [0.15, 0.2) is 30.3 Å². The lowest BCUT2D eigenvalue weighted by molar-refractivity contribution is -0.135. The number of hydrogen-bond acceptors (Lipinski definition) is 5. The zero-order valence-corrected chi connectivity index (χ0v) is 12.2. The summed E-state index contributed by atoms with van der Waals surface area (Å²) in [5.74, 6) is -0.741. The minimum absolute atomic E-state index is 0.199. The molecule has 0 aromatic heterocycles. The van der Waals surface area contributed by atoms with E-state index < -0.39 is 29.8 Å². The second-order valence-electron chi connectivity index (χ2n) is 5.74. The second kappa shape index (κ2) is 5.55. The van der Waals surface area contributed by atoms with Gasteiger partial charge in [-0.05, 0) is 26.3 Å². The molecule has 0 radical (unpaired) electrons. The van der Waals surface area contributed by atoms with Crippen molar-refractivity contribution >= 4 is 18.2 Å². The van der Waals surface area contributed by atoms with Gasteiger partial charge in [-0.25, -0.2) is 14.4 Å². The highest BCUT2D eigenvalue weighted by Gasteiger charge is 2.46. The van der Waals surface area contributed by atoms with Crippen LogP contribution in [0.4, 0.5) is 9.59 Å². The van der Waals surface area contributed by atoms with E-state index in [0.717, 1.165) is 10.5 Å². The number of carbonyl (C=O) groups is 3. The molecular formula is C15H17NO5. The van der Waals surface area contributed by atoms with E-state index in [2.05, 4.69) is 4.74 Å². The van der Waals surface area contributed by atoms with E-state index in [1.165, 1.54) is 0 Å². The molecule has 0 saturated carbocycles. The van der Waals surface area contributed by atoms with Gasteiger partial charge in [-0.15, -0.1) is 0 Å². The third kappa shape index (κ3) is 3.59. The van der Waals surface area contributed by atoms with Crippen LogP contribution in [0, 0.1) is 0 Å². The number of rotatable bonds is 2. The van der Waals surface area contributed by atoms with Crippen LogP contribution < -0.4 is 0 Å². The average molecular weight is 291 g/mol. The maximum atomic E-state index is 12.1. The van der Waals surface area contributed by atoms with Crippen LogP contribution in [0.5, 0.6) is 0 Å². The number of imide groups is 1. The van der Waals surface area contributed by atoms with E-state index in [-0.39, 0.29) is 6.42 Å². The first-order valence-corrected chi connectivity index (χ1v) is 6.60. The Bertz CT molecular complexity index is 561. The summed E-state index contributed by atoms with van der Waals surface area (Å²) in [5.41, 5.74) is 0.0584. The number of benzene rings is 1. The normalized spacial score (nSPS) is 18.6. The Kier molecular flexibility index (Phi) is 3.97. The molecule has 112 valence electrons. The SMILES string of the molecule is CC(C)(C)OC(=O)N1C(=O)OC(=O)[C@@H]1Cc1ccccc1. The summed E-state index contributed by atoms with van der Waals surface area (Å²) in [5, 5.41) is 0. The highest BCUT2D eigenvalue weighted by molar-refractivity contribution is 6.04. The summed E-state index contributed by atoms with van der Waals surface area (Å²) in [6.45, 7) is 5.04. The van der Waals surface area contributed by atoms with Crippen molar-refractivity contribution in [1.29, 1.82) is 0 Å². The molecule has 0 bridgehead atoms. The molecule has 1 fully saturated rings. The zero-order valence-electron chi connectivity index (χ0n) is 12.2. The molecule has 6 nitrogen and oxygen atoms in total. The molecule has 0 N–H and O–H groups in total. The lowest BCUT2D eigenvalue weighted by atomic mass is 10.1. The molecule has 1 aromatic rings. The topological polar surface area (TPSA) is 72.9 Å². The van der Waals surface area contributed by atoms with E-state index in [9.17, 15) is 14.4 Å². The van der Waals surface area contributed by atoms with Gasteiger partial charge in [0.2, 0.25) is 0 Å². The van der Waals surface area contributed by atoms with Crippen LogP contribution >= 0.6 is 0 Å². The van der Waals surface area contributed by atoms with Crippen molar-refractivity contribution < 1.29 is 23.9 Å². The van der Waals surface area contributed by atoms with Crippen LogP contribution in [0.3, 0.4) is 0 Å². The molecule has 1 saturated heterocycles. The number of hydrogen-bond donors (Lipinski definition) is 0. The van der Waals surface area contributed by atoms with E-state index in [1.54, 1.807) is 20.8 Å². The standard InChI is InChI=1S/C15H17NO5/c1-15(2,3)21-14(19)16-11(12(17)20-13(16)18)9-10-7-5-4-6-8-10/h4-8,11H,9H2,1-3H3/t11-/m0/s1. The van der Waals surface area contributed by atoms with Gasteiger partial charge in [0, 0.05) is 6.42 Å². The van der Waals surface area contributed by atoms with Crippen LogP contribution in [-0.4, -0.2) is 34.7 Å². The number of ether oxygens (including phenoxy) is 2. The molecule has 1 aliphatic rings. The fraction of sp³-hybridized carbons (Fsp3) is 0.400. The molecular weight excluding hydrogens is 274 g/mol. The van der Waals surface area contributed by atoms with E-state index in [1.807, 2.05) is 30.3 Å². The molecule has 1 heterocycles. The number of cyclic esters (lactones) is 2. The van der Waals surface area contributed by atoms with Crippen molar-refractivity contribution in [2.45, 2.75) is 38.8 Å². The van der Waals surface area contributed by atoms with Gasteiger partial charge >= 0.3 is 18.2 Å². The highest BCUT2D eigenvalue weighted by atomic mass is 16.6. The van der Waals surface area contributed by atoms with E-state index in [0.29, 0.717) is 0 Å². The van der Waals surface area contributed by atoms with E-state index >= 15 is 0 Å². The first-order valence-electron chi connectivity index (χ1n) is 6.60. The molecule has 1 aromatic carbocycles. The minimum Gasteiger partial charge on any atom is -0.443 e. The molecule has 1 aliphatic heterocycles. The molecule has 2 amide bonds. The monoisotopic (exact) mass is 291 g/mol. The van der Waals surface area contributed by atoms with Gasteiger partial charge < -0.3 is 9.47 Å². The average Bonchev–Trinajstić information content (AvgIpc) is 2.63.